The first-order valence-electron chi connectivity index (χ1n) is 11.5. The maximum absolute atomic E-state index is 13.1. The molecule has 1 fully saturated rings. The zero-order chi connectivity index (χ0) is 23.8. The van der Waals surface area contributed by atoms with Crippen LogP contribution in [0.2, 0.25) is 0 Å². The van der Waals surface area contributed by atoms with Gasteiger partial charge in [0, 0.05) is 23.9 Å². The molecular formula is C23H27FN8O2. The van der Waals surface area contributed by atoms with Gasteiger partial charge in [-0.2, -0.15) is 19.2 Å². The van der Waals surface area contributed by atoms with Crippen LogP contribution in [0.25, 0.3) is 0 Å². The van der Waals surface area contributed by atoms with Crippen LogP contribution in [0.1, 0.15) is 56.0 Å². The van der Waals surface area contributed by atoms with Gasteiger partial charge in [-0.1, -0.05) is 13.8 Å². The summed E-state index contributed by atoms with van der Waals surface area (Å²) in [6.07, 6.45) is 5.00. The van der Waals surface area contributed by atoms with Gasteiger partial charge >= 0.3 is 0 Å². The monoisotopic (exact) mass is 466 g/mol. The number of pyridine rings is 1. The van der Waals surface area contributed by atoms with Gasteiger partial charge in [-0.3, -0.25) is 9.89 Å². The highest BCUT2D eigenvalue weighted by molar-refractivity contribution is 5.96. The third-order valence-corrected chi connectivity index (χ3v) is 6.34. The summed E-state index contributed by atoms with van der Waals surface area (Å²) in [5.74, 6) is 0.236. The molecule has 11 heteroatoms. The Hall–Kier alpha value is -3.76. The highest BCUT2D eigenvalue weighted by Gasteiger charge is 2.35. The minimum Gasteiger partial charge on any atom is -0.425 e. The lowest BCUT2D eigenvalue weighted by atomic mass is 10.1. The minimum absolute atomic E-state index is 0.263. The van der Waals surface area contributed by atoms with Crippen molar-refractivity contribution < 1.29 is 14.4 Å². The van der Waals surface area contributed by atoms with E-state index < -0.39 is 12.0 Å². The van der Waals surface area contributed by atoms with E-state index in [4.69, 9.17) is 4.98 Å². The number of fused-ring (bicyclic) bond motifs is 1. The first kappa shape index (κ1) is 22.1. The number of nitrogens with zero attached hydrogens (tertiary/aromatic N) is 6. The number of hydrogen-bond donors (Lipinski definition) is 3. The highest BCUT2D eigenvalue weighted by atomic mass is 19.1. The lowest BCUT2D eigenvalue weighted by molar-refractivity contribution is -0.117. The molecule has 0 unspecified atom stereocenters. The van der Waals surface area contributed by atoms with Crippen LogP contribution in [0.4, 0.5) is 21.8 Å². The van der Waals surface area contributed by atoms with E-state index in [9.17, 15) is 14.4 Å². The van der Waals surface area contributed by atoms with Gasteiger partial charge in [-0.15, -0.1) is 0 Å². The minimum atomic E-state index is -0.613. The molecular weight excluding hydrogens is 439 g/mol. The van der Waals surface area contributed by atoms with Crippen molar-refractivity contribution in [1.29, 1.82) is 0 Å². The number of carbonyl (C=O) groups is 1. The van der Waals surface area contributed by atoms with Gasteiger partial charge in [0.15, 0.2) is 11.3 Å². The van der Waals surface area contributed by atoms with Crippen LogP contribution in [-0.4, -0.2) is 48.6 Å². The molecule has 3 N–H and O–H groups in total. The molecule has 4 heterocycles. The molecule has 0 radical (unpaired) electrons. The van der Waals surface area contributed by atoms with Crippen LogP contribution in [-0.2, 0) is 17.6 Å². The molecule has 0 spiro atoms. The zero-order valence-corrected chi connectivity index (χ0v) is 19.1. The fourth-order valence-corrected chi connectivity index (χ4v) is 4.55. The molecule has 3 aromatic rings. The molecule has 34 heavy (non-hydrogen) atoms. The average molecular weight is 467 g/mol. The van der Waals surface area contributed by atoms with Gasteiger partial charge < -0.3 is 15.4 Å². The van der Waals surface area contributed by atoms with Gasteiger partial charge in [0.25, 0.3) is 0 Å². The Bertz CT molecular complexity index is 1280. The number of anilines is 2. The first-order valence-corrected chi connectivity index (χ1v) is 11.5. The number of halogens is 1. The van der Waals surface area contributed by atoms with Gasteiger partial charge in [0.05, 0.1) is 17.6 Å². The second-order valence-electron chi connectivity index (χ2n) is 8.98. The number of rotatable bonds is 5. The Labute approximate surface area is 195 Å². The normalized spacial score (nSPS) is 18.1. The number of hydrogen-bond acceptors (Lipinski definition) is 7. The summed E-state index contributed by atoms with van der Waals surface area (Å²) in [5.41, 5.74) is 3.57. The van der Waals surface area contributed by atoms with Crippen molar-refractivity contribution in [2.45, 2.75) is 57.9 Å². The average Bonchev–Trinajstić information content (AvgIpc) is 3.57. The van der Waals surface area contributed by atoms with E-state index in [1.54, 1.807) is 4.90 Å². The SMILES string of the molecule is CC(C)c1cc(N=c2nc(N3CCC[C@H]3C(=O)Nc3ccc(F)nc3)n(O)c3c2CCC3)n[nH]1. The van der Waals surface area contributed by atoms with Crippen LogP contribution >= 0.6 is 0 Å². The molecule has 1 saturated heterocycles. The van der Waals surface area contributed by atoms with Crippen molar-refractivity contribution >= 4 is 23.4 Å². The smallest absolute Gasteiger partial charge is 0.247 e. The molecule has 0 bridgehead atoms. The van der Waals surface area contributed by atoms with Crippen molar-refractivity contribution in [3.8, 4) is 0 Å². The van der Waals surface area contributed by atoms with Crippen LogP contribution in [0.5, 0.6) is 0 Å². The van der Waals surface area contributed by atoms with Gasteiger partial charge in [-0.05, 0) is 50.2 Å². The van der Waals surface area contributed by atoms with Crippen molar-refractivity contribution in [2.75, 3.05) is 16.8 Å². The Balaban J connectivity index is 1.50. The molecule has 178 valence electrons. The van der Waals surface area contributed by atoms with E-state index in [-0.39, 0.29) is 11.9 Å². The van der Waals surface area contributed by atoms with E-state index in [1.165, 1.54) is 18.3 Å². The second-order valence-corrected chi connectivity index (χ2v) is 8.98. The fraction of sp³-hybridized carbons (Fsp3) is 0.435. The number of aromatic nitrogens is 5. The summed E-state index contributed by atoms with van der Waals surface area (Å²) in [6, 6.07) is 4.02. The summed E-state index contributed by atoms with van der Waals surface area (Å²) in [4.78, 5) is 27.8. The molecule has 2 aliphatic rings. The van der Waals surface area contributed by atoms with Crippen LogP contribution in [0, 0.1) is 5.95 Å². The lowest BCUT2D eigenvalue weighted by Crippen LogP contribution is -2.42. The fourth-order valence-electron chi connectivity index (χ4n) is 4.55. The van der Waals surface area contributed by atoms with Crippen LogP contribution in [0.15, 0.2) is 29.4 Å². The Morgan fingerprint density at radius 1 is 1.32 bits per heavy atom. The van der Waals surface area contributed by atoms with Crippen LogP contribution in [0.3, 0.4) is 0 Å². The van der Waals surface area contributed by atoms with Gasteiger partial charge in [0.2, 0.25) is 17.8 Å². The summed E-state index contributed by atoms with van der Waals surface area (Å²) in [6.45, 7) is 4.71. The maximum atomic E-state index is 13.1. The topological polar surface area (TPSA) is 124 Å². The molecule has 0 saturated carbocycles. The van der Waals surface area contributed by atoms with Gasteiger partial charge in [-0.25, -0.2) is 9.98 Å². The van der Waals surface area contributed by atoms with E-state index in [2.05, 4.69) is 39.3 Å². The van der Waals surface area contributed by atoms with E-state index in [0.717, 1.165) is 40.9 Å². The molecule has 1 aliphatic heterocycles. The molecule has 0 aromatic carbocycles. The largest absolute Gasteiger partial charge is 0.425 e. The zero-order valence-electron chi connectivity index (χ0n) is 19.1. The van der Waals surface area contributed by atoms with E-state index in [1.807, 2.05) is 6.07 Å². The summed E-state index contributed by atoms with van der Waals surface area (Å²) < 4.78 is 14.2. The number of H-pyrrole nitrogens is 1. The Kier molecular flexibility index (Phi) is 5.76. The molecule has 5 rings (SSSR count). The van der Waals surface area contributed by atoms with E-state index in [0.29, 0.717) is 42.3 Å². The predicted octanol–water partition coefficient (Wildman–Crippen LogP) is 2.83. The van der Waals surface area contributed by atoms with Crippen molar-refractivity contribution in [3.05, 3.63) is 52.8 Å². The molecule has 1 aliphatic carbocycles. The lowest BCUT2D eigenvalue weighted by Gasteiger charge is -2.26. The van der Waals surface area contributed by atoms with E-state index >= 15 is 0 Å². The Morgan fingerprint density at radius 2 is 2.18 bits per heavy atom. The predicted molar refractivity (Wildman–Crippen MR) is 123 cm³/mol. The highest BCUT2D eigenvalue weighted by Crippen LogP contribution is 2.28. The standard InChI is InChI=1S/C23H27FN8O2/c1-13(2)16-11-20(30-29-16)27-21-15-5-3-6-17(15)32(34)23(28-21)31-10-4-7-18(31)22(33)26-14-8-9-19(24)25-12-14/h8-9,11-13,18,34H,3-7,10H2,1-2H3,(H,26,33)(H,29,30)/t18-/m0/s1. The number of aromatic amines is 1. The number of carbonyl (C=O) groups excluding carboxylic acids is 1. The molecule has 1 atom stereocenters. The quantitative estimate of drug-likeness (QED) is 0.392. The number of nitrogens with one attached hydrogen (secondary N) is 2. The Morgan fingerprint density at radius 3 is 2.91 bits per heavy atom. The van der Waals surface area contributed by atoms with Crippen molar-refractivity contribution in [2.24, 2.45) is 4.99 Å². The maximum Gasteiger partial charge on any atom is 0.247 e. The van der Waals surface area contributed by atoms with Crippen LogP contribution < -0.4 is 15.7 Å². The first-order chi connectivity index (χ1) is 16.4. The second kappa shape index (κ2) is 8.88. The van der Waals surface area contributed by atoms with Gasteiger partial charge in [0.1, 0.15) is 6.04 Å². The third kappa shape index (κ3) is 4.13. The van der Waals surface area contributed by atoms with Crippen molar-refractivity contribution in [3.63, 3.8) is 0 Å². The summed E-state index contributed by atoms with van der Waals surface area (Å²) in [7, 11) is 0. The summed E-state index contributed by atoms with van der Waals surface area (Å²) in [5, 5.41) is 21.1. The summed E-state index contributed by atoms with van der Waals surface area (Å²) >= 11 is 0. The molecule has 10 nitrogen and oxygen atoms in total. The number of amides is 1. The molecule has 3 aromatic heterocycles. The third-order valence-electron chi connectivity index (χ3n) is 6.34. The molecule has 1 amide bonds. The van der Waals surface area contributed by atoms with Crippen molar-refractivity contribution in [1.82, 2.24) is 24.9 Å².